The van der Waals surface area contributed by atoms with E-state index in [0.29, 0.717) is 11.4 Å². The Hall–Kier alpha value is -2.89. The Kier molecular flexibility index (Phi) is 4.50. The first-order valence-corrected chi connectivity index (χ1v) is 6.22. The molecule has 0 aliphatic rings. The van der Waals surface area contributed by atoms with E-state index in [-0.39, 0.29) is 17.7 Å². The highest BCUT2D eigenvalue weighted by atomic mass is 16.5. The number of carboxylic acid groups (broad SMARTS) is 1. The fraction of sp³-hybridized carbons (Fsp3) is 0.133. The minimum atomic E-state index is -1.14. The molecular weight excluding hydrogens is 272 g/mol. The highest BCUT2D eigenvalue weighted by Gasteiger charge is 2.15. The Balaban J connectivity index is 2.14. The third-order valence-electron chi connectivity index (χ3n) is 2.88. The van der Waals surface area contributed by atoms with E-state index in [0.717, 1.165) is 0 Å². The molecule has 2 rings (SSSR count). The molecule has 2 N–H and O–H groups in total. The van der Waals surface area contributed by atoms with Gasteiger partial charge in [-0.05, 0) is 18.2 Å². The number of carbonyl (C=O) groups is 2. The van der Waals surface area contributed by atoms with Crippen LogP contribution in [0.15, 0.2) is 42.6 Å². The Morgan fingerprint density at radius 3 is 2.57 bits per heavy atom. The summed E-state index contributed by atoms with van der Waals surface area (Å²) in [6.07, 6.45) is 1.59. The molecule has 0 aliphatic heterocycles. The Morgan fingerprint density at radius 2 is 1.90 bits per heavy atom. The van der Waals surface area contributed by atoms with E-state index in [9.17, 15) is 9.59 Å². The molecule has 0 spiro atoms. The minimum absolute atomic E-state index is 0.0341. The van der Waals surface area contributed by atoms with Crippen molar-refractivity contribution >= 4 is 11.9 Å². The lowest BCUT2D eigenvalue weighted by molar-refractivity contribution is 0.0691. The molecule has 0 atom stereocenters. The van der Waals surface area contributed by atoms with Crippen molar-refractivity contribution in [3.05, 3.63) is 59.3 Å². The van der Waals surface area contributed by atoms with Gasteiger partial charge in [0.2, 0.25) is 5.88 Å². The molecule has 0 saturated heterocycles. The molecule has 0 unspecified atom stereocenters. The highest BCUT2D eigenvalue weighted by Crippen LogP contribution is 2.14. The van der Waals surface area contributed by atoms with Gasteiger partial charge in [-0.1, -0.05) is 18.2 Å². The van der Waals surface area contributed by atoms with Crippen molar-refractivity contribution in [2.45, 2.75) is 6.54 Å². The Morgan fingerprint density at radius 1 is 1.19 bits per heavy atom. The van der Waals surface area contributed by atoms with E-state index in [1.165, 1.54) is 19.2 Å². The lowest BCUT2D eigenvalue weighted by Crippen LogP contribution is -2.25. The normalized spacial score (nSPS) is 9.95. The molecule has 108 valence electrons. The van der Waals surface area contributed by atoms with Gasteiger partial charge in [-0.2, -0.15) is 0 Å². The van der Waals surface area contributed by atoms with Crippen LogP contribution in [0.1, 0.15) is 26.3 Å². The number of nitrogens with one attached hydrogen (secondary N) is 1. The number of pyridine rings is 1. The van der Waals surface area contributed by atoms with Gasteiger partial charge in [-0.25, -0.2) is 9.78 Å². The van der Waals surface area contributed by atoms with Crippen molar-refractivity contribution in [3.63, 3.8) is 0 Å². The maximum atomic E-state index is 12.1. The number of carbonyl (C=O) groups excluding carboxylic acids is 1. The standard InChI is InChI=1S/C15H14N2O4/c1-21-14-10(5-4-8-16-14)9-17-13(18)11-6-2-3-7-12(11)15(19)20/h2-8H,9H2,1H3,(H,17,18)(H,19,20). The molecule has 21 heavy (non-hydrogen) atoms. The first-order valence-electron chi connectivity index (χ1n) is 6.22. The molecule has 6 heteroatoms. The zero-order valence-corrected chi connectivity index (χ0v) is 11.4. The zero-order chi connectivity index (χ0) is 15.2. The topological polar surface area (TPSA) is 88.5 Å². The fourth-order valence-corrected chi connectivity index (χ4v) is 1.88. The Bertz CT molecular complexity index is 670. The van der Waals surface area contributed by atoms with E-state index in [1.54, 1.807) is 30.5 Å². The molecule has 0 radical (unpaired) electrons. The number of amides is 1. The summed E-state index contributed by atoms with van der Waals surface area (Å²) < 4.78 is 5.09. The van der Waals surface area contributed by atoms with Crippen LogP contribution in [0.3, 0.4) is 0 Å². The fourth-order valence-electron chi connectivity index (χ4n) is 1.88. The average molecular weight is 286 g/mol. The van der Waals surface area contributed by atoms with Crippen LogP contribution in [0.2, 0.25) is 0 Å². The maximum Gasteiger partial charge on any atom is 0.336 e. The summed E-state index contributed by atoms with van der Waals surface area (Å²) in [5.41, 5.74) is 0.794. The van der Waals surface area contributed by atoms with Crippen LogP contribution in [0.5, 0.6) is 5.88 Å². The summed E-state index contributed by atoms with van der Waals surface area (Å²) in [6.45, 7) is 0.198. The van der Waals surface area contributed by atoms with Crippen molar-refractivity contribution in [1.29, 1.82) is 0 Å². The lowest BCUT2D eigenvalue weighted by atomic mass is 10.1. The number of hydrogen-bond donors (Lipinski definition) is 2. The summed E-state index contributed by atoms with van der Waals surface area (Å²) in [6, 6.07) is 9.56. The van der Waals surface area contributed by atoms with Gasteiger partial charge in [-0.15, -0.1) is 0 Å². The minimum Gasteiger partial charge on any atom is -0.481 e. The smallest absolute Gasteiger partial charge is 0.336 e. The van der Waals surface area contributed by atoms with Crippen molar-refractivity contribution in [2.24, 2.45) is 0 Å². The number of aromatic carboxylic acids is 1. The third-order valence-corrected chi connectivity index (χ3v) is 2.88. The lowest BCUT2D eigenvalue weighted by Gasteiger charge is -2.09. The number of methoxy groups -OCH3 is 1. The van der Waals surface area contributed by atoms with Gasteiger partial charge in [-0.3, -0.25) is 4.79 Å². The number of carboxylic acids is 1. The zero-order valence-electron chi connectivity index (χ0n) is 11.4. The molecule has 0 bridgehead atoms. The van der Waals surface area contributed by atoms with E-state index in [1.807, 2.05) is 0 Å². The SMILES string of the molecule is COc1ncccc1CNC(=O)c1ccccc1C(=O)O. The second-order valence-electron chi connectivity index (χ2n) is 4.21. The first kappa shape index (κ1) is 14.5. The largest absolute Gasteiger partial charge is 0.481 e. The first-order chi connectivity index (χ1) is 10.1. The molecule has 2 aromatic rings. The van der Waals surface area contributed by atoms with Gasteiger partial charge < -0.3 is 15.2 Å². The molecule has 6 nitrogen and oxygen atoms in total. The van der Waals surface area contributed by atoms with Gasteiger partial charge in [0.1, 0.15) is 0 Å². The van der Waals surface area contributed by atoms with Crippen LogP contribution in [-0.2, 0) is 6.54 Å². The van der Waals surface area contributed by atoms with Crippen LogP contribution in [0.4, 0.5) is 0 Å². The van der Waals surface area contributed by atoms with Crippen molar-refractivity contribution in [3.8, 4) is 5.88 Å². The van der Waals surface area contributed by atoms with Crippen LogP contribution >= 0.6 is 0 Å². The predicted octanol–water partition coefficient (Wildman–Crippen LogP) is 1.72. The summed E-state index contributed by atoms with van der Waals surface area (Å²) in [5, 5.41) is 11.7. The molecule has 1 heterocycles. The van der Waals surface area contributed by atoms with Gasteiger partial charge in [0.15, 0.2) is 0 Å². The third kappa shape index (κ3) is 3.36. The van der Waals surface area contributed by atoms with Crippen LogP contribution < -0.4 is 10.1 Å². The van der Waals surface area contributed by atoms with Crippen molar-refractivity contribution in [1.82, 2.24) is 10.3 Å². The van der Waals surface area contributed by atoms with Gasteiger partial charge >= 0.3 is 5.97 Å². The second kappa shape index (κ2) is 6.51. The van der Waals surface area contributed by atoms with Crippen LogP contribution in [0.25, 0.3) is 0 Å². The quantitative estimate of drug-likeness (QED) is 0.873. The summed E-state index contributed by atoms with van der Waals surface area (Å²) >= 11 is 0. The Labute approximate surface area is 121 Å². The van der Waals surface area contributed by atoms with E-state index in [2.05, 4.69) is 10.3 Å². The van der Waals surface area contributed by atoms with Gasteiger partial charge in [0, 0.05) is 18.3 Å². The van der Waals surface area contributed by atoms with Crippen molar-refractivity contribution in [2.75, 3.05) is 7.11 Å². The average Bonchev–Trinajstić information content (AvgIpc) is 2.52. The van der Waals surface area contributed by atoms with Gasteiger partial charge in [0.05, 0.1) is 18.2 Å². The number of hydrogen-bond acceptors (Lipinski definition) is 4. The number of benzene rings is 1. The molecule has 1 amide bonds. The molecule has 0 fully saturated rings. The summed E-state index contributed by atoms with van der Waals surface area (Å²) in [5.74, 6) is -1.18. The van der Waals surface area contributed by atoms with Gasteiger partial charge in [0.25, 0.3) is 5.91 Å². The molecular formula is C15H14N2O4. The molecule has 1 aromatic heterocycles. The van der Waals surface area contributed by atoms with Crippen molar-refractivity contribution < 1.29 is 19.4 Å². The molecule has 0 aliphatic carbocycles. The van der Waals surface area contributed by atoms with Crippen LogP contribution in [0, 0.1) is 0 Å². The van der Waals surface area contributed by atoms with Crippen LogP contribution in [-0.4, -0.2) is 29.1 Å². The number of aromatic nitrogens is 1. The number of rotatable bonds is 5. The highest BCUT2D eigenvalue weighted by molar-refractivity contribution is 6.04. The summed E-state index contributed by atoms with van der Waals surface area (Å²) in [7, 11) is 1.49. The van der Waals surface area contributed by atoms with E-state index >= 15 is 0 Å². The number of nitrogens with zero attached hydrogens (tertiary/aromatic N) is 1. The summed E-state index contributed by atoms with van der Waals surface area (Å²) in [4.78, 5) is 27.2. The van der Waals surface area contributed by atoms with E-state index in [4.69, 9.17) is 9.84 Å². The van der Waals surface area contributed by atoms with E-state index < -0.39 is 11.9 Å². The molecule has 1 aromatic carbocycles. The predicted molar refractivity (Wildman–Crippen MR) is 75.4 cm³/mol. The maximum absolute atomic E-state index is 12.1. The second-order valence-corrected chi connectivity index (χ2v) is 4.21. The number of ether oxygens (including phenoxy) is 1. The molecule has 0 saturated carbocycles. The monoisotopic (exact) mass is 286 g/mol.